The van der Waals surface area contributed by atoms with Crippen LogP contribution < -0.4 is 4.72 Å². The van der Waals surface area contributed by atoms with Crippen LogP contribution in [0.15, 0.2) is 29.2 Å². The lowest BCUT2D eigenvalue weighted by Crippen LogP contribution is -2.54. The zero-order valence-corrected chi connectivity index (χ0v) is 11.1. The molecule has 7 heteroatoms. The van der Waals surface area contributed by atoms with Crippen molar-refractivity contribution in [2.75, 3.05) is 19.8 Å². The number of halogens is 1. The van der Waals surface area contributed by atoms with E-state index < -0.39 is 21.4 Å². The lowest BCUT2D eigenvalue weighted by molar-refractivity contribution is 0.0223. The van der Waals surface area contributed by atoms with Gasteiger partial charge in [-0.2, -0.15) is 0 Å². The topological polar surface area (TPSA) is 75.6 Å². The van der Waals surface area contributed by atoms with E-state index in [4.69, 9.17) is 4.74 Å². The highest BCUT2D eigenvalue weighted by Gasteiger charge is 2.36. The zero-order valence-electron chi connectivity index (χ0n) is 10.3. The number of aliphatic hydroxyl groups is 1. The molecule has 0 spiro atoms. The van der Waals surface area contributed by atoms with E-state index in [-0.39, 0.29) is 11.5 Å². The summed E-state index contributed by atoms with van der Waals surface area (Å²) < 4.78 is 44.9. The number of sulfonamides is 1. The van der Waals surface area contributed by atoms with Gasteiger partial charge in [0.25, 0.3) is 0 Å². The minimum absolute atomic E-state index is 0.0202. The molecule has 1 saturated heterocycles. The van der Waals surface area contributed by atoms with Gasteiger partial charge in [0.05, 0.1) is 17.0 Å². The van der Waals surface area contributed by atoms with Crippen molar-refractivity contribution in [1.29, 1.82) is 0 Å². The lowest BCUT2D eigenvalue weighted by Gasteiger charge is -2.35. The molecule has 0 aliphatic carbocycles. The van der Waals surface area contributed by atoms with Crippen LogP contribution in [0.4, 0.5) is 4.39 Å². The summed E-state index contributed by atoms with van der Waals surface area (Å²) in [6.45, 7) is 0.496. The Labute approximate surface area is 111 Å². The number of ether oxygens (including phenoxy) is 1. The van der Waals surface area contributed by atoms with Crippen LogP contribution in [0.25, 0.3) is 0 Å². The Bertz CT molecular complexity index is 523. The Morgan fingerprint density at radius 1 is 1.26 bits per heavy atom. The molecule has 1 fully saturated rings. The Morgan fingerprint density at radius 3 is 2.37 bits per heavy atom. The first kappa shape index (κ1) is 14.4. The van der Waals surface area contributed by atoms with Gasteiger partial charge in [0.15, 0.2) is 0 Å². The maximum Gasteiger partial charge on any atom is 0.241 e. The van der Waals surface area contributed by atoms with E-state index in [9.17, 15) is 17.9 Å². The molecule has 1 aliphatic rings. The van der Waals surface area contributed by atoms with E-state index in [2.05, 4.69) is 4.72 Å². The molecule has 2 rings (SSSR count). The largest absolute Gasteiger partial charge is 0.394 e. The monoisotopic (exact) mass is 289 g/mol. The summed E-state index contributed by atoms with van der Waals surface area (Å²) >= 11 is 0. The van der Waals surface area contributed by atoms with Crippen LogP contribution >= 0.6 is 0 Å². The minimum Gasteiger partial charge on any atom is -0.394 e. The van der Waals surface area contributed by atoms with E-state index in [1.54, 1.807) is 0 Å². The van der Waals surface area contributed by atoms with Gasteiger partial charge < -0.3 is 9.84 Å². The molecule has 1 aromatic rings. The second-order valence-electron chi connectivity index (χ2n) is 4.61. The fraction of sp³-hybridized carbons (Fsp3) is 0.500. The fourth-order valence-corrected chi connectivity index (χ4v) is 3.46. The van der Waals surface area contributed by atoms with Crippen LogP contribution in [0, 0.1) is 5.82 Å². The van der Waals surface area contributed by atoms with Crippen LogP contribution in [0.1, 0.15) is 12.8 Å². The molecule has 19 heavy (non-hydrogen) atoms. The van der Waals surface area contributed by atoms with Gasteiger partial charge in [0, 0.05) is 13.2 Å². The molecule has 1 heterocycles. The van der Waals surface area contributed by atoms with Gasteiger partial charge in [-0.3, -0.25) is 0 Å². The quantitative estimate of drug-likeness (QED) is 0.853. The average molecular weight is 289 g/mol. The van der Waals surface area contributed by atoms with Gasteiger partial charge >= 0.3 is 0 Å². The summed E-state index contributed by atoms with van der Waals surface area (Å²) in [5.41, 5.74) is -0.897. The molecule has 5 nitrogen and oxygen atoms in total. The Hall–Kier alpha value is -1.02. The molecule has 2 N–H and O–H groups in total. The molecule has 0 unspecified atom stereocenters. The number of aliphatic hydroxyl groups excluding tert-OH is 1. The van der Waals surface area contributed by atoms with E-state index in [1.165, 1.54) is 12.1 Å². The Morgan fingerprint density at radius 2 is 1.84 bits per heavy atom. The van der Waals surface area contributed by atoms with Crippen molar-refractivity contribution in [2.24, 2.45) is 0 Å². The SMILES string of the molecule is O=S(=O)(NC1(CO)CCOCC1)c1ccc(F)cc1. The van der Waals surface area contributed by atoms with E-state index in [0.29, 0.717) is 26.1 Å². The summed E-state index contributed by atoms with van der Waals surface area (Å²) in [5, 5.41) is 9.45. The minimum atomic E-state index is -3.78. The number of hydrogen-bond donors (Lipinski definition) is 2. The smallest absolute Gasteiger partial charge is 0.241 e. The van der Waals surface area contributed by atoms with Crippen molar-refractivity contribution < 1.29 is 22.7 Å². The molecule has 0 bridgehead atoms. The van der Waals surface area contributed by atoms with Crippen LogP contribution in [-0.2, 0) is 14.8 Å². The molecular formula is C12H16FNO4S. The Balaban J connectivity index is 2.22. The van der Waals surface area contributed by atoms with Gasteiger partial charge in [0.2, 0.25) is 10.0 Å². The standard InChI is InChI=1S/C12H16FNO4S/c13-10-1-3-11(4-2-10)19(16,17)14-12(9-15)5-7-18-8-6-12/h1-4,14-15H,5-9H2. The third-order valence-corrected chi connectivity index (χ3v) is 4.82. The average Bonchev–Trinajstić information content (AvgIpc) is 2.40. The van der Waals surface area contributed by atoms with Crippen molar-refractivity contribution >= 4 is 10.0 Å². The van der Waals surface area contributed by atoms with Crippen molar-refractivity contribution in [3.8, 4) is 0 Å². The number of benzene rings is 1. The first-order valence-electron chi connectivity index (χ1n) is 5.96. The highest BCUT2D eigenvalue weighted by Crippen LogP contribution is 2.23. The maximum absolute atomic E-state index is 12.8. The van der Waals surface area contributed by atoms with Crippen molar-refractivity contribution in [3.05, 3.63) is 30.1 Å². The normalized spacial score (nSPS) is 19.3. The lowest BCUT2D eigenvalue weighted by atomic mass is 9.93. The van der Waals surface area contributed by atoms with Crippen LogP contribution in [0.5, 0.6) is 0 Å². The summed E-state index contributed by atoms with van der Waals surface area (Å²) in [6.07, 6.45) is 0.813. The fourth-order valence-electron chi connectivity index (χ4n) is 2.01. The van der Waals surface area contributed by atoms with Crippen molar-refractivity contribution in [1.82, 2.24) is 4.72 Å². The highest BCUT2D eigenvalue weighted by molar-refractivity contribution is 7.89. The number of nitrogens with one attached hydrogen (secondary N) is 1. The number of rotatable bonds is 4. The predicted octanol–water partition coefficient (Wildman–Crippen LogP) is 0.645. The van der Waals surface area contributed by atoms with Gasteiger partial charge in [-0.25, -0.2) is 17.5 Å². The molecule has 0 amide bonds. The summed E-state index contributed by atoms with van der Waals surface area (Å²) in [5.74, 6) is -0.498. The molecule has 1 aromatic carbocycles. The molecule has 1 aliphatic heterocycles. The highest BCUT2D eigenvalue weighted by atomic mass is 32.2. The van der Waals surface area contributed by atoms with Gasteiger partial charge in [0.1, 0.15) is 5.82 Å². The van der Waals surface area contributed by atoms with Crippen LogP contribution in [-0.4, -0.2) is 38.9 Å². The van der Waals surface area contributed by atoms with E-state index >= 15 is 0 Å². The predicted molar refractivity (Wildman–Crippen MR) is 66.6 cm³/mol. The van der Waals surface area contributed by atoms with E-state index in [1.807, 2.05) is 0 Å². The van der Waals surface area contributed by atoms with Gasteiger partial charge in [-0.15, -0.1) is 0 Å². The van der Waals surface area contributed by atoms with E-state index in [0.717, 1.165) is 12.1 Å². The van der Waals surface area contributed by atoms with Gasteiger partial charge in [-0.1, -0.05) is 0 Å². The molecule has 0 saturated carbocycles. The van der Waals surface area contributed by atoms with Crippen molar-refractivity contribution in [3.63, 3.8) is 0 Å². The zero-order chi connectivity index (χ0) is 13.9. The van der Waals surface area contributed by atoms with Gasteiger partial charge in [-0.05, 0) is 37.1 Å². The third kappa shape index (κ3) is 3.30. The molecule has 0 aromatic heterocycles. The molecule has 0 radical (unpaired) electrons. The third-order valence-electron chi connectivity index (χ3n) is 3.23. The molecule has 0 atom stereocenters. The Kier molecular flexibility index (Phi) is 4.19. The molecular weight excluding hydrogens is 273 g/mol. The molecule has 106 valence electrons. The second-order valence-corrected chi connectivity index (χ2v) is 6.29. The van der Waals surface area contributed by atoms with Crippen LogP contribution in [0.2, 0.25) is 0 Å². The summed E-state index contributed by atoms with van der Waals surface area (Å²) in [4.78, 5) is -0.0202. The van der Waals surface area contributed by atoms with Crippen LogP contribution in [0.3, 0.4) is 0 Å². The first-order chi connectivity index (χ1) is 8.97. The second kappa shape index (κ2) is 5.54. The maximum atomic E-state index is 12.8. The summed E-state index contributed by atoms with van der Waals surface area (Å²) in [6, 6.07) is 4.57. The van der Waals surface area contributed by atoms with Crippen molar-refractivity contribution in [2.45, 2.75) is 23.3 Å². The first-order valence-corrected chi connectivity index (χ1v) is 7.44. The summed E-state index contributed by atoms with van der Waals surface area (Å²) in [7, 11) is -3.78. The number of hydrogen-bond acceptors (Lipinski definition) is 4.